The number of hydrogen-bond acceptors (Lipinski definition) is 2. The van der Waals surface area contributed by atoms with Crippen molar-refractivity contribution in [3.63, 3.8) is 0 Å². The maximum Gasteiger partial charge on any atom is 0.214 e. The molecule has 4 heteroatoms. The van der Waals surface area contributed by atoms with Gasteiger partial charge in [-0.05, 0) is 32.3 Å². The molecule has 0 amide bonds. The van der Waals surface area contributed by atoms with E-state index in [2.05, 4.69) is 16.9 Å². The van der Waals surface area contributed by atoms with Gasteiger partial charge < -0.3 is 0 Å². The van der Waals surface area contributed by atoms with Gasteiger partial charge in [-0.3, -0.25) is 0 Å². The van der Waals surface area contributed by atoms with E-state index in [4.69, 9.17) is 0 Å². The summed E-state index contributed by atoms with van der Waals surface area (Å²) in [5, 5.41) is -0.366. The first-order valence-corrected chi connectivity index (χ1v) is 8.11. The van der Waals surface area contributed by atoms with E-state index >= 15 is 0 Å². The van der Waals surface area contributed by atoms with Crippen LogP contribution in [0.15, 0.2) is 30.3 Å². The van der Waals surface area contributed by atoms with E-state index in [1.165, 1.54) is 5.56 Å². The Morgan fingerprint density at radius 2 is 1.83 bits per heavy atom. The van der Waals surface area contributed by atoms with Crippen molar-refractivity contribution in [2.24, 2.45) is 0 Å². The summed E-state index contributed by atoms with van der Waals surface area (Å²) in [6, 6.07) is 10.3. The van der Waals surface area contributed by atoms with Gasteiger partial charge >= 0.3 is 0 Å². The lowest BCUT2D eigenvalue weighted by Gasteiger charge is -2.22. The fraction of sp³-hybridized carbons (Fsp3) is 0.571. The quantitative estimate of drug-likeness (QED) is 0.911. The van der Waals surface area contributed by atoms with Crippen molar-refractivity contribution in [1.82, 2.24) is 4.72 Å². The average Bonchev–Trinajstić information content (AvgIpc) is 2.77. The van der Waals surface area contributed by atoms with E-state index < -0.39 is 10.0 Å². The molecule has 2 atom stereocenters. The highest BCUT2D eigenvalue weighted by Crippen LogP contribution is 2.35. The fourth-order valence-electron chi connectivity index (χ4n) is 2.55. The lowest BCUT2D eigenvalue weighted by Crippen LogP contribution is -2.40. The molecule has 0 heterocycles. The molecule has 0 unspecified atom stereocenters. The Hall–Kier alpha value is -0.870. The van der Waals surface area contributed by atoms with Gasteiger partial charge in [0.2, 0.25) is 10.0 Å². The van der Waals surface area contributed by atoms with Gasteiger partial charge in [0.25, 0.3) is 0 Å². The highest BCUT2D eigenvalue weighted by Gasteiger charge is 2.32. The SMILES string of the molecule is CC(C)S(=O)(=O)N[C@@H]1CCC[C@@H]1c1ccccc1. The van der Waals surface area contributed by atoms with Gasteiger partial charge in [-0.25, -0.2) is 13.1 Å². The van der Waals surface area contributed by atoms with Crippen molar-refractivity contribution in [3.8, 4) is 0 Å². The molecule has 0 spiro atoms. The Balaban J connectivity index is 2.14. The van der Waals surface area contributed by atoms with Crippen LogP contribution in [0.3, 0.4) is 0 Å². The van der Waals surface area contributed by atoms with Gasteiger partial charge in [-0.15, -0.1) is 0 Å². The molecular weight excluding hydrogens is 246 g/mol. The number of benzene rings is 1. The molecule has 0 aliphatic heterocycles. The first-order valence-electron chi connectivity index (χ1n) is 6.57. The van der Waals surface area contributed by atoms with E-state index in [9.17, 15) is 8.42 Å². The number of rotatable bonds is 4. The van der Waals surface area contributed by atoms with Crippen LogP contribution in [0, 0.1) is 0 Å². The Kier molecular flexibility index (Phi) is 4.07. The highest BCUT2D eigenvalue weighted by atomic mass is 32.2. The minimum atomic E-state index is -3.17. The predicted molar refractivity (Wildman–Crippen MR) is 74.0 cm³/mol. The van der Waals surface area contributed by atoms with Crippen molar-refractivity contribution < 1.29 is 8.42 Å². The number of sulfonamides is 1. The van der Waals surface area contributed by atoms with Crippen LogP contribution < -0.4 is 4.72 Å². The summed E-state index contributed by atoms with van der Waals surface area (Å²) in [7, 11) is -3.17. The molecule has 1 saturated carbocycles. The van der Waals surface area contributed by atoms with Crippen LogP contribution >= 0.6 is 0 Å². The van der Waals surface area contributed by atoms with Crippen LogP contribution in [-0.2, 0) is 10.0 Å². The van der Waals surface area contributed by atoms with E-state index in [0.29, 0.717) is 5.92 Å². The van der Waals surface area contributed by atoms with Gasteiger partial charge in [0, 0.05) is 12.0 Å². The summed E-state index contributed by atoms with van der Waals surface area (Å²) >= 11 is 0. The molecule has 1 fully saturated rings. The topological polar surface area (TPSA) is 46.2 Å². The monoisotopic (exact) mass is 267 g/mol. The predicted octanol–water partition coefficient (Wildman–Crippen LogP) is 2.65. The van der Waals surface area contributed by atoms with Crippen LogP contribution in [0.1, 0.15) is 44.6 Å². The minimum Gasteiger partial charge on any atom is -0.212 e. The second-order valence-electron chi connectivity index (χ2n) is 5.27. The summed E-state index contributed by atoms with van der Waals surface area (Å²) < 4.78 is 26.8. The molecule has 1 N–H and O–H groups in total. The molecular formula is C14H21NO2S. The molecule has 18 heavy (non-hydrogen) atoms. The standard InChI is InChI=1S/C14H21NO2S/c1-11(2)18(16,17)15-14-10-6-9-13(14)12-7-4-3-5-8-12/h3-5,7-8,11,13-15H,6,9-10H2,1-2H3/t13-,14-/m1/s1. The second-order valence-corrected chi connectivity index (χ2v) is 7.53. The lowest BCUT2D eigenvalue weighted by molar-refractivity contribution is 0.519. The molecule has 0 bridgehead atoms. The molecule has 2 rings (SSSR count). The lowest BCUT2D eigenvalue weighted by atomic mass is 9.95. The van der Waals surface area contributed by atoms with Crippen molar-refractivity contribution in [1.29, 1.82) is 0 Å². The third-order valence-electron chi connectivity index (χ3n) is 3.68. The fourth-order valence-corrected chi connectivity index (χ4v) is 3.52. The maximum atomic E-state index is 12.0. The highest BCUT2D eigenvalue weighted by molar-refractivity contribution is 7.90. The zero-order valence-electron chi connectivity index (χ0n) is 11.0. The molecule has 1 aromatic carbocycles. The van der Waals surface area contributed by atoms with Gasteiger partial charge in [-0.1, -0.05) is 36.8 Å². The van der Waals surface area contributed by atoms with Gasteiger partial charge in [0.1, 0.15) is 0 Å². The third-order valence-corrected chi connectivity index (χ3v) is 5.55. The van der Waals surface area contributed by atoms with Crippen LogP contribution in [0.25, 0.3) is 0 Å². The minimum absolute atomic E-state index is 0.0554. The second kappa shape index (κ2) is 5.41. The zero-order chi connectivity index (χ0) is 13.2. The van der Waals surface area contributed by atoms with Gasteiger partial charge in [0.15, 0.2) is 0 Å². The summed E-state index contributed by atoms with van der Waals surface area (Å²) in [4.78, 5) is 0. The molecule has 1 aliphatic rings. The van der Waals surface area contributed by atoms with Crippen LogP contribution in [0.5, 0.6) is 0 Å². The largest absolute Gasteiger partial charge is 0.214 e. The average molecular weight is 267 g/mol. The summed E-state index contributed by atoms with van der Waals surface area (Å²) in [6.45, 7) is 3.43. The Morgan fingerprint density at radius 3 is 2.44 bits per heavy atom. The summed E-state index contributed by atoms with van der Waals surface area (Å²) in [5.41, 5.74) is 1.24. The van der Waals surface area contributed by atoms with Crippen LogP contribution in [-0.4, -0.2) is 19.7 Å². The summed E-state index contributed by atoms with van der Waals surface area (Å²) in [6.07, 6.45) is 3.09. The van der Waals surface area contributed by atoms with E-state index in [-0.39, 0.29) is 11.3 Å². The molecule has 100 valence electrons. The first kappa shape index (κ1) is 13.6. The molecule has 3 nitrogen and oxygen atoms in total. The van der Waals surface area contributed by atoms with E-state index in [1.54, 1.807) is 13.8 Å². The molecule has 0 radical (unpaired) electrons. The number of nitrogens with one attached hydrogen (secondary N) is 1. The van der Waals surface area contributed by atoms with Gasteiger partial charge in [-0.2, -0.15) is 0 Å². The van der Waals surface area contributed by atoms with Crippen LogP contribution in [0.4, 0.5) is 0 Å². The Bertz CT molecular complexity index is 482. The smallest absolute Gasteiger partial charge is 0.212 e. The first-order chi connectivity index (χ1) is 8.50. The Morgan fingerprint density at radius 1 is 1.17 bits per heavy atom. The molecule has 0 saturated heterocycles. The van der Waals surface area contributed by atoms with E-state index in [1.807, 2.05) is 18.2 Å². The maximum absolute atomic E-state index is 12.0. The molecule has 1 aromatic rings. The van der Waals surface area contributed by atoms with Crippen LogP contribution in [0.2, 0.25) is 0 Å². The van der Waals surface area contributed by atoms with Gasteiger partial charge in [0.05, 0.1) is 5.25 Å². The molecule has 0 aromatic heterocycles. The van der Waals surface area contributed by atoms with Crippen molar-refractivity contribution >= 4 is 10.0 Å². The van der Waals surface area contributed by atoms with Crippen molar-refractivity contribution in [2.75, 3.05) is 0 Å². The van der Waals surface area contributed by atoms with Crippen molar-refractivity contribution in [2.45, 2.75) is 50.3 Å². The van der Waals surface area contributed by atoms with E-state index in [0.717, 1.165) is 19.3 Å². The molecule has 1 aliphatic carbocycles. The number of hydrogen-bond donors (Lipinski definition) is 1. The summed E-state index contributed by atoms with van der Waals surface area (Å²) in [5.74, 6) is 0.319. The Labute approximate surface area is 110 Å². The van der Waals surface area contributed by atoms with Crippen molar-refractivity contribution in [3.05, 3.63) is 35.9 Å². The third kappa shape index (κ3) is 2.93. The zero-order valence-corrected chi connectivity index (χ0v) is 11.8. The normalized spacial score (nSPS) is 24.6.